The van der Waals surface area contributed by atoms with E-state index in [-0.39, 0.29) is 18.1 Å². The van der Waals surface area contributed by atoms with Crippen molar-refractivity contribution in [2.75, 3.05) is 0 Å². The minimum atomic E-state index is -0.436. The topological polar surface area (TPSA) is 74.2 Å². The molecule has 25 heavy (non-hydrogen) atoms. The second kappa shape index (κ2) is 8.12. The van der Waals surface area contributed by atoms with Gasteiger partial charge in [0.05, 0.1) is 18.2 Å². The number of hydrogen-bond donors (Lipinski definition) is 3. The lowest BCUT2D eigenvalue weighted by molar-refractivity contribution is 0.0941. The van der Waals surface area contributed by atoms with Gasteiger partial charge in [0.2, 0.25) is 0 Å². The number of aliphatic hydroxyl groups is 1. The Morgan fingerprint density at radius 2 is 1.72 bits per heavy atom. The lowest BCUT2D eigenvalue weighted by Gasteiger charge is -2.29. The van der Waals surface area contributed by atoms with Gasteiger partial charge in [-0.15, -0.1) is 0 Å². The molecule has 0 unspecified atom stereocenters. The Balaban J connectivity index is 1.57. The molecular weight excluding hydrogens is 314 g/mol. The first-order valence-electron chi connectivity index (χ1n) is 8.89. The van der Waals surface area contributed by atoms with Crippen molar-refractivity contribution in [1.82, 2.24) is 15.6 Å². The molecule has 1 heterocycles. The molecule has 3 N–H and O–H groups in total. The second-order valence-electron chi connectivity index (χ2n) is 6.66. The Morgan fingerprint density at radius 3 is 2.40 bits per heavy atom. The van der Waals surface area contributed by atoms with Crippen molar-refractivity contribution < 1.29 is 9.90 Å². The minimum Gasteiger partial charge on any atom is -0.391 e. The number of aliphatic hydroxyl groups excluding tert-OH is 1. The lowest BCUT2D eigenvalue weighted by Crippen LogP contribution is -2.49. The van der Waals surface area contributed by atoms with Crippen LogP contribution in [0.3, 0.4) is 0 Å². The van der Waals surface area contributed by atoms with Crippen LogP contribution < -0.4 is 10.6 Å². The van der Waals surface area contributed by atoms with Gasteiger partial charge in [-0.3, -0.25) is 4.98 Å². The number of carbonyl (C=O) groups excluding carboxylic acids is 1. The van der Waals surface area contributed by atoms with Gasteiger partial charge < -0.3 is 15.7 Å². The van der Waals surface area contributed by atoms with Crippen LogP contribution in [0.5, 0.6) is 0 Å². The Morgan fingerprint density at radius 1 is 1.08 bits per heavy atom. The third-order valence-corrected chi connectivity index (χ3v) is 4.82. The zero-order valence-corrected chi connectivity index (χ0v) is 14.5. The molecule has 2 aromatic rings. The summed E-state index contributed by atoms with van der Waals surface area (Å²) in [5, 5.41) is 15.8. The van der Waals surface area contributed by atoms with Crippen LogP contribution in [0.1, 0.15) is 44.2 Å². The summed E-state index contributed by atoms with van der Waals surface area (Å²) in [6, 6.07) is 11.6. The van der Waals surface area contributed by atoms with Crippen LogP contribution in [0.15, 0.2) is 48.8 Å². The van der Waals surface area contributed by atoms with Crippen LogP contribution in [-0.2, 0) is 0 Å². The van der Waals surface area contributed by atoms with E-state index in [0.29, 0.717) is 0 Å². The summed E-state index contributed by atoms with van der Waals surface area (Å²) in [5.74, 6) is 0. The molecule has 132 valence electrons. The third kappa shape index (κ3) is 4.57. The molecule has 3 atom stereocenters. The van der Waals surface area contributed by atoms with Gasteiger partial charge in [0, 0.05) is 12.4 Å². The van der Waals surface area contributed by atoms with Crippen molar-refractivity contribution in [2.45, 2.75) is 50.8 Å². The SMILES string of the molecule is C[C@H](NC(=O)N[C@@H]1CCCC[C@H]1O)c1ccc(-c2ccncc2)cc1. The van der Waals surface area contributed by atoms with E-state index in [9.17, 15) is 9.90 Å². The van der Waals surface area contributed by atoms with Crippen LogP contribution in [-0.4, -0.2) is 28.3 Å². The highest BCUT2D eigenvalue weighted by Crippen LogP contribution is 2.22. The number of rotatable bonds is 4. The molecule has 0 aliphatic heterocycles. The summed E-state index contributed by atoms with van der Waals surface area (Å²) >= 11 is 0. The van der Waals surface area contributed by atoms with Gasteiger partial charge in [-0.2, -0.15) is 0 Å². The molecule has 5 nitrogen and oxygen atoms in total. The molecular formula is C20H25N3O2. The first-order chi connectivity index (χ1) is 12.1. The summed E-state index contributed by atoms with van der Waals surface area (Å²) in [6.45, 7) is 1.96. The van der Waals surface area contributed by atoms with Crippen molar-refractivity contribution >= 4 is 6.03 Å². The van der Waals surface area contributed by atoms with E-state index < -0.39 is 6.10 Å². The fourth-order valence-corrected chi connectivity index (χ4v) is 3.28. The largest absolute Gasteiger partial charge is 0.391 e. The second-order valence-corrected chi connectivity index (χ2v) is 6.66. The Bertz CT molecular complexity index is 688. The number of benzene rings is 1. The zero-order chi connectivity index (χ0) is 17.6. The molecule has 0 bridgehead atoms. The van der Waals surface area contributed by atoms with Gasteiger partial charge in [-0.05, 0) is 48.6 Å². The van der Waals surface area contributed by atoms with E-state index in [1.165, 1.54) is 0 Å². The van der Waals surface area contributed by atoms with E-state index in [2.05, 4.69) is 15.6 Å². The first kappa shape index (κ1) is 17.4. The van der Waals surface area contributed by atoms with Crippen molar-refractivity contribution in [3.8, 4) is 11.1 Å². The van der Waals surface area contributed by atoms with E-state index >= 15 is 0 Å². The molecule has 2 amide bonds. The quantitative estimate of drug-likeness (QED) is 0.799. The van der Waals surface area contributed by atoms with Gasteiger partial charge >= 0.3 is 6.03 Å². The number of pyridine rings is 1. The molecule has 1 aliphatic carbocycles. The van der Waals surface area contributed by atoms with Gasteiger partial charge in [0.1, 0.15) is 0 Å². The maximum atomic E-state index is 12.2. The van der Waals surface area contributed by atoms with Crippen molar-refractivity contribution in [1.29, 1.82) is 0 Å². The lowest BCUT2D eigenvalue weighted by atomic mass is 9.93. The van der Waals surface area contributed by atoms with Crippen molar-refractivity contribution in [3.63, 3.8) is 0 Å². The Hall–Kier alpha value is -2.40. The van der Waals surface area contributed by atoms with Crippen LogP contribution >= 0.6 is 0 Å². The van der Waals surface area contributed by atoms with Gasteiger partial charge in [-0.1, -0.05) is 37.1 Å². The van der Waals surface area contributed by atoms with E-state index in [0.717, 1.165) is 42.4 Å². The predicted molar refractivity (Wildman–Crippen MR) is 98.0 cm³/mol. The fourth-order valence-electron chi connectivity index (χ4n) is 3.28. The monoisotopic (exact) mass is 339 g/mol. The highest BCUT2D eigenvalue weighted by molar-refractivity contribution is 5.75. The molecule has 0 radical (unpaired) electrons. The molecule has 1 aromatic heterocycles. The highest BCUT2D eigenvalue weighted by Gasteiger charge is 2.24. The third-order valence-electron chi connectivity index (χ3n) is 4.82. The molecule has 0 saturated heterocycles. The van der Waals surface area contributed by atoms with E-state index in [4.69, 9.17) is 0 Å². The molecule has 1 aromatic carbocycles. The van der Waals surface area contributed by atoms with Crippen molar-refractivity contribution in [2.24, 2.45) is 0 Å². The zero-order valence-electron chi connectivity index (χ0n) is 14.5. The average Bonchev–Trinajstić information content (AvgIpc) is 2.64. The smallest absolute Gasteiger partial charge is 0.315 e. The van der Waals surface area contributed by atoms with Crippen LogP contribution in [0.25, 0.3) is 11.1 Å². The molecule has 5 heteroatoms. The molecule has 0 spiro atoms. The number of nitrogens with one attached hydrogen (secondary N) is 2. The number of amides is 2. The molecule has 1 saturated carbocycles. The van der Waals surface area contributed by atoms with Crippen LogP contribution in [0.4, 0.5) is 4.79 Å². The Kier molecular flexibility index (Phi) is 5.66. The highest BCUT2D eigenvalue weighted by atomic mass is 16.3. The van der Waals surface area contributed by atoms with Crippen molar-refractivity contribution in [3.05, 3.63) is 54.4 Å². The summed E-state index contributed by atoms with van der Waals surface area (Å²) in [6.07, 6.45) is 6.79. The number of carbonyl (C=O) groups is 1. The minimum absolute atomic E-state index is 0.104. The van der Waals surface area contributed by atoms with Crippen LogP contribution in [0, 0.1) is 0 Å². The summed E-state index contributed by atoms with van der Waals surface area (Å²) in [5.41, 5.74) is 3.27. The van der Waals surface area contributed by atoms with Gasteiger partial charge in [-0.25, -0.2) is 4.79 Å². The number of hydrogen-bond acceptors (Lipinski definition) is 3. The van der Waals surface area contributed by atoms with E-state index in [1.807, 2.05) is 43.3 Å². The summed E-state index contributed by atoms with van der Waals surface area (Å²) < 4.78 is 0. The number of urea groups is 1. The predicted octanol–water partition coefficient (Wildman–Crippen LogP) is 3.41. The molecule has 1 fully saturated rings. The first-order valence-corrected chi connectivity index (χ1v) is 8.89. The van der Waals surface area contributed by atoms with Gasteiger partial charge in [0.15, 0.2) is 0 Å². The fraction of sp³-hybridized carbons (Fsp3) is 0.400. The average molecular weight is 339 g/mol. The Labute approximate surface area is 148 Å². The normalized spacial score (nSPS) is 21.4. The maximum absolute atomic E-state index is 12.2. The van der Waals surface area contributed by atoms with E-state index in [1.54, 1.807) is 12.4 Å². The summed E-state index contributed by atoms with van der Waals surface area (Å²) in [4.78, 5) is 16.2. The number of aromatic nitrogens is 1. The molecule has 1 aliphatic rings. The maximum Gasteiger partial charge on any atom is 0.315 e. The standard InChI is InChI=1S/C20H25N3O2/c1-14(22-20(25)23-18-4-2-3-5-19(18)24)15-6-8-16(9-7-15)17-10-12-21-13-11-17/h6-14,18-19,24H,2-5H2,1H3,(H2,22,23,25)/t14-,18+,19+/m0/s1. The number of nitrogens with zero attached hydrogens (tertiary/aromatic N) is 1. The van der Waals surface area contributed by atoms with Gasteiger partial charge in [0.25, 0.3) is 0 Å². The van der Waals surface area contributed by atoms with Crippen LogP contribution in [0.2, 0.25) is 0 Å². The molecule has 3 rings (SSSR count). The summed E-state index contributed by atoms with van der Waals surface area (Å²) in [7, 11) is 0.